The lowest BCUT2D eigenvalue weighted by molar-refractivity contribution is 1.61. The average molecular weight is 164 g/mol. The lowest BCUT2D eigenvalue weighted by atomic mass is 10.2. The maximum Gasteiger partial charge on any atom is 0.190 e. The Morgan fingerprint density at radius 2 is 2.00 bits per heavy atom. The third-order valence-electron chi connectivity index (χ3n) is 1.14. The molecule has 0 saturated heterocycles. The second kappa shape index (κ2) is 3.83. The van der Waals surface area contributed by atoms with Crippen molar-refractivity contribution in [2.45, 2.75) is 0 Å². The second-order valence-electron chi connectivity index (χ2n) is 2.01. The van der Waals surface area contributed by atoms with Gasteiger partial charge in [-0.3, -0.25) is 0 Å². The van der Waals surface area contributed by atoms with Crippen LogP contribution >= 0.6 is 12.2 Å². The fourth-order valence-electron chi connectivity index (χ4n) is 0.677. The van der Waals surface area contributed by atoms with Gasteiger partial charge in [-0.15, -0.1) is 0 Å². The minimum atomic E-state index is 0.161. The van der Waals surface area contributed by atoms with E-state index in [4.69, 9.17) is 5.73 Å². The van der Waals surface area contributed by atoms with Crippen LogP contribution in [0.1, 0.15) is 5.56 Å². The van der Waals surface area contributed by atoms with Crippen molar-refractivity contribution in [1.29, 1.82) is 0 Å². The molecule has 0 radical (unpaired) electrons. The Balaban J connectivity index is 2.72. The van der Waals surface area contributed by atoms with Crippen molar-refractivity contribution in [2.75, 3.05) is 0 Å². The van der Waals surface area contributed by atoms with E-state index in [1.165, 1.54) is 0 Å². The van der Waals surface area contributed by atoms with Crippen LogP contribution in [0.3, 0.4) is 0 Å². The van der Waals surface area contributed by atoms with E-state index in [1.807, 2.05) is 30.3 Å². The van der Waals surface area contributed by atoms with Crippen LogP contribution in [0.4, 0.5) is 0 Å². The lowest BCUT2D eigenvalue weighted by Crippen LogP contribution is -2.03. The number of nitrogens with zero attached hydrogens (tertiary/aromatic N) is 1. The van der Waals surface area contributed by atoms with Crippen LogP contribution in [-0.4, -0.2) is 11.3 Å². The first-order valence-corrected chi connectivity index (χ1v) is 3.58. The van der Waals surface area contributed by atoms with Gasteiger partial charge in [0.1, 0.15) is 0 Å². The zero-order chi connectivity index (χ0) is 8.10. The topological polar surface area (TPSA) is 38.4 Å². The first-order valence-electron chi connectivity index (χ1n) is 3.17. The van der Waals surface area contributed by atoms with E-state index in [-0.39, 0.29) is 5.11 Å². The normalized spacial score (nSPS) is 10.2. The molecule has 0 aromatic heterocycles. The Hall–Kier alpha value is -1.22. The van der Waals surface area contributed by atoms with Crippen molar-refractivity contribution in [3.8, 4) is 0 Å². The first-order chi connectivity index (χ1) is 5.29. The highest BCUT2D eigenvalue weighted by Crippen LogP contribution is 1.93. The molecular weight excluding hydrogens is 156 g/mol. The highest BCUT2D eigenvalue weighted by Gasteiger charge is 1.82. The largest absolute Gasteiger partial charge is 0.374 e. The number of hydrogen-bond donors (Lipinski definition) is 1. The summed E-state index contributed by atoms with van der Waals surface area (Å²) in [6.45, 7) is 0. The molecule has 3 heteroatoms. The maximum atomic E-state index is 5.17. The molecule has 0 spiro atoms. The second-order valence-corrected chi connectivity index (χ2v) is 2.43. The zero-order valence-electron chi connectivity index (χ0n) is 5.90. The SMILES string of the molecule is NC(=S)N=Cc1ccccc1. The van der Waals surface area contributed by atoms with Crippen molar-refractivity contribution < 1.29 is 0 Å². The molecule has 0 heterocycles. The Kier molecular flexibility index (Phi) is 2.74. The van der Waals surface area contributed by atoms with E-state index in [1.54, 1.807) is 6.21 Å². The van der Waals surface area contributed by atoms with E-state index >= 15 is 0 Å². The van der Waals surface area contributed by atoms with Gasteiger partial charge in [0.2, 0.25) is 0 Å². The molecule has 0 aliphatic heterocycles. The van der Waals surface area contributed by atoms with Crippen LogP contribution < -0.4 is 5.73 Å². The van der Waals surface area contributed by atoms with Gasteiger partial charge >= 0.3 is 0 Å². The van der Waals surface area contributed by atoms with Crippen molar-refractivity contribution in [2.24, 2.45) is 10.7 Å². The van der Waals surface area contributed by atoms with E-state index in [0.29, 0.717) is 0 Å². The molecule has 0 bridgehead atoms. The Morgan fingerprint density at radius 3 is 2.55 bits per heavy atom. The van der Waals surface area contributed by atoms with Gasteiger partial charge in [0.05, 0.1) is 0 Å². The number of thiocarbonyl (C=S) groups is 1. The summed E-state index contributed by atoms with van der Waals surface area (Å²) < 4.78 is 0. The molecule has 0 atom stereocenters. The summed E-state index contributed by atoms with van der Waals surface area (Å²) in [6, 6.07) is 9.67. The third-order valence-corrected chi connectivity index (χ3v) is 1.25. The third kappa shape index (κ3) is 2.91. The van der Waals surface area contributed by atoms with Crippen LogP contribution in [0.25, 0.3) is 0 Å². The summed E-state index contributed by atoms with van der Waals surface area (Å²) in [7, 11) is 0. The number of nitrogens with two attached hydrogens (primary N) is 1. The van der Waals surface area contributed by atoms with E-state index in [0.717, 1.165) is 5.56 Å². The molecule has 0 amide bonds. The molecule has 0 fully saturated rings. The van der Waals surface area contributed by atoms with Crippen LogP contribution in [-0.2, 0) is 0 Å². The molecule has 0 unspecified atom stereocenters. The summed E-state index contributed by atoms with van der Waals surface area (Å²) in [5.74, 6) is 0. The smallest absolute Gasteiger partial charge is 0.190 e. The van der Waals surface area contributed by atoms with Gasteiger partial charge in [0.25, 0.3) is 0 Å². The van der Waals surface area contributed by atoms with Gasteiger partial charge in [-0.2, -0.15) is 0 Å². The van der Waals surface area contributed by atoms with Gasteiger partial charge < -0.3 is 5.73 Å². The molecule has 0 aliphatic carbocycles. The average Bonchev–Trinajstić information content (AvgIpc) is 2.03. The summed E-state index contributed by atoms with van der Waals surface area (Å²) >= 11 is 4.57. The van der Waals surface area contributed by atoms with E-state index in [9.17, 15) is 0 Å². The molecule has 0 aliphatic rings. The highest BCUT2D eigenvalue weighted by atomic mass is 32.1. The quantitative estimate of drug-likeness (QED) is 0.502. The molecule has 0 saturated carbocycles. The summed E-state index contributed by atoms with van der Waals surface area (Å²) in [5, 5.41) is 0.161. The fourth-order valence-corrected chi connectivity index (χ4v) is 0.730. The van der Waals surface area contributed by atoms with Crippen molar-refractivity contribution in [3.63, 3.8) is 0 Å². The Labute approximate surface area is 70.8 Å². The maximum absolute atomic E-state index is 5.17. The van der Waals surface area contributed by atoms with Gasteiger partial charge in [-0.1, -0.05) is 30.3 Å². The summed E-state index contributed by atoms with van der Waals surface area (Å²) in [4.78, 5) is 3.78. The van der Waals surface area contributed by atoms with Crippen LogP contribution in [0.15, 0.2) is 35.3 Å². The first kappa shape index (κ1) is 7.88. The van der Waals surface area contributed by atoms with E-state index < -0.39 is 0 Å². The van der Waals surface area contributed by atoms with Crippen molar-refractivity contribution >= 4 is 23.5 Å². The zero-order valence-corrected chi connectivity index (χ0v) is 6.71. The monoisotopic (exact) mass is 164 g/mol. The molecule has 2 N–H and O–H groups in total. The van der Waals surface area contributed by atoms with Crippen LogP contribution in [0, 0.1) is 0 Å². The molecule has 11 heavy (non-hydrogen) atoms. The van der Waals surface area contributed by atoms with Crippen molar-refractivity contribution in [3.05, 3.63) is 35.9 Å². The molecule has 56 valence electrons. The van der Waals surface area contributed by atoms with Gasteiger partial charge in [0, 0.05) is 6.21 Å². The molecule has 1 aromatic carbocycles. The lowest BCUT2D eigenvalue weighted by Gasteiger charge is -1.88. The van der Waals surface area contributed by atoms with Gasteiger partial charge in [-0.05, 0) is 17.8 Å². The molecular formula is C8H8N2S. The predicted molar refractivity (Wildman–Crippen MR) is 50.8 cm³/mol. The number of benzene rings is 1. The highest BCUT2D eigenvalue weighted by molar-refractivity contribution is 7.80. The van der Waals surface area contributed by atoms with Crippen LogP contribution in [0.5, 0.6) is 0 Å². The predicted octanol–water partition coefficient (Wildman–Crippen LogP) is 1.35. The molecule has 2 nitrogen and oxygen atoms in total. The summed E-state index contributed by atoms with van der Waals surface area (Å²) in [5.41, 5.74) is 6.17. The summed E-state index contributed by atoms with van der Waals surface area (Å²) in [6.07, 6.45) is 1.64. The Bertz CT molecular complexity index is 267. The number of aliphatic imine (C=N–C) groups is 1. The molecule has 1 rings (SSSR count). The minimum absolute atomic E-state index is 0.161. The molecule has 1 aromatic rings. The number of rotatable bonds is 1. The van der Waals surface area contributed by atoms with Gasteiger partial charge in [-0.25, -0.2) is 4.99 Å². The van der Waals surface area contributed by atoms with Crippen LogP contribution in [0.2, 0.25) is 0 Å². The number of hydrogen-bond acceptors (Lipinski definition) is 1. The fraction of sp³-hybridized carbons (Fsp3) is 0. The Morgan fingerprint density at radius 1 is 1.36 bits per heavy atom. The van der Waals surface area contributed by atoms with E-state index in [2.05, 4.69) is 17.2 Å². The standard InChI is InChI=1S/C8H8N2S/c9-8(11)10-6-7-4-2-1-3-5-7/h1-6H,(H2,9,11). The minimum Gasteiger partial charge on any atom is -0.374 e. The van der Waals surface area contributed by atoms with Crippen molar-refractivity contribution in [1.82, 2.24) is 0 Å². The van der Waals surface area contributed by atoms with Gasteiger partial charge in [0.15, 0.2) is 5.11 Å².